The van der Waals surface area contributed by atoms with E-state index in [9.17, 15) is 4.79 Å². The summed E-state index contributed by atoms with van der Waals surface area (Å²) >= 11 is 0. The van der Waals surface area contributed by atoms with Crippen molar-refractivity contribution in [2.45, 2.75) is 58.4 Å². The number of aliphatic hydroxyl groups excluding tert-OH is 1. The molecule has 2 N–H and O–H groups in total. The number of unbranched alkanes of at least 4 members (excludes halogenated alkanes) is 1. The molecule has 0 aliphatic carbocycles. The fourth-order valence-electron chi connectivity index (χ4n) is 2.20. The Morgan fingerprint density at radius 2 is 1.85 bits per heavy atom. The molecule has 0 radical (unpaired) electrons. The van der Waals surface area contributed by atoms with Crippen molar-refractivity contribution in [2.75, 3.05) is 6.61 Å². The summed E-state index contributed by atoms with van der Waals surface area (Å²) in [5, 5.41) is 11.9. The van der Waals surface area contributed by atoms with Crippen molar-refractivity contribution in [2.24, 2.45) is 0 Å². The summed E-state index contributed by atoms with van der Waals surface area (Å²) in [6.07, 6.45) is 5.40. The minimum atomic E-state index is 0.0339. The summed E-state index contributed by atoms with van der Waals surface area (Å²) in [6.45, 7) is 4.32. The first-order valence-electron chi connectivity index (χ1n) is 7.67. The van der Waals surface area contributed by atoms with Crippen LogP contribution in [-0.2, 0) is 17.6 Å². The highest BCUT2D eigenvalue weighted by Gasteiger charge is 2.10. The highest BCUT2D eigenvalue weighted by molar-refractivity contribution is 5.78. The van der Waals surface area contributed by atoms with E-state index in [1.807, 2.05) is 19.1 Å². The van der Waals surface area contributed by atoms with Crippen LogP contribution in [0.4, 0.5) is 0 Å². The Morgan fingerprint density at radius 1 is 1.20 bits per heavy atom. The van der Waals surface area contributed by atoms with Crippen LogP contribution >= 0.6 is 0 Å². The number of aliphatic hydroxyl groups is 1. The zero-order chi connectivity index (χ0) is 14.8. The number of aryl methyl sites for hydroxylation is 1. The lowest BCUT2D eigenvalue weighted by atomic mass is 10.0. The molecule has 112 valence electrons. The van der Waals surface area contributed by atoms with Gasteiger partial charge in [-0.3, -0.25) is 4.79 Å². The molecule has 1 unspecified atom stereocenters. The van der Waals surface area contributed by atoms with Gasteiger partial charge < -0.3 is 10.4 Å². The van der Waals surface area contributed by atoms with E-state index in [0.29, 0.717) is 12.8 Å². The third-order valence-corrected chi connectivity index (χ3v) is 3.54. The Hall–Kier alpha value is -1.35. The third-order valence-electron chi connectivity index (χ3n) is 3.54. The van der Waals surface area contributed by atoms with Gasteiger partial charge in [-0.25, -0.2) is 0 Å². The van der Waals surface area contributed by atoms with Crippen molar-refractivity contribution in [3.8, 4) is 0 Å². The normalized spacial score (nSPS) is 12.2. The van der Waals surface area contributed by atoms with Crippen molar-refractivity contribution < 1.29 is 9.90 Å². The molecule has 1 atom stereocenters. The molecule has 3 nitrogen and oxygen atoms in total. The van der Waals surface area contributed by atoms with Gasteiger partial charge in [-0.2, -0.15) is 0 Å². The Bertz CT molecular complexity index is 386. The maximum absolute atomic E-state index is 11.9. The summed E-state index contributed by atoms with van der Waals surface area (Å²) in [4.78, 5) is 11.9. The smallest absolute Gasteiger partial charge is 0.224 e. The van der Waals surface area contributed by atoms with Crippen LogP contribution in [0.5, 0.6) is 0 Å². The maximum atomic E-state index is 11.9. The second-order valence-electron chi connectivity index (χ2n) is 5.28. The van der Waals surface area contributed by atoms with Crippen molar-refractivity contribution in [1.29, 1.82) is 0 Å². The van der Waals surface area contributed by atoms with Gasteiger partial charge in [-0.05, 0) is 36.8 Å². The van der Waals surface area contributed by atoms with Crippen molar-refractivity contribution >= 4 is 5.91 Å². The van der Waals surface area contributed by atoms with Crippen molar-refractivity contribution in [3.63, 3.8) is 0 Å². The quantitative estimate of drug-likeness (QED) is 0.729. The van der Waals surface area contributed by atoms with Crippen molar-refractivity contribution in [3.05, 3.63) is 35.4 Å². The van der Waals surface area contributed by atoms with Crippen LogP contribution < -0.4 is 5.32 Å². The van der Waals surface area contributed by atoms with E-state index in [2.05, 4.69) is 24.4 Å². The Balaban J connectivity index is 2.45. The number of carbonyl (C=O) groups is 1. The van der Waals surface area contributed by atoms with Crippen molar-refractivity contribution in [1.82, 2.24) is 5.32 Å². The van der Waals surface area contributed by atoms with Gasteiger partial charge >= 0.3 is 0 Å². The number of hydrogen-bond donors (Lipinski definition) is 2. The van der Waals surface area contributed by atoms with E-state index in [1.54, 1.807) is 0 Å². The summed E-state index contributed by atoms with van der Waals surface area (Å²) in [7, 11) is 0. The summed E-state index contributed by atoms with van der Waals surface area (Å²) < 4.78 is 0. The average Bonchev–Trinajstić information content (AvgIpc) is 2.46. The molecule has 3 heteroatoms. The molecule has 0 heterocycles. The van der Waals surface area contributed by atoms with Gasteiger partial charge in [-0.1, -0.05) is 44.5 Å². The molecule has 1 aromatic rings. The highest BCUT2D eigenvalue weighted by Crippen LogP contribution is 2.09. The fourth-order valence-corrected chi connectivity index (χ4v) is 2.20. The second kappa shape index (κ2) is 9.54. The molecular weight excluding hydrogens is 250 g/mol. The minimum absolute atomic E-state index is 0.0339. The molecule has 1 aromatic carbocycles. The maximum Gasteiger partial charge on any atom is 0.224 e. The van der Waals surface area contributed by atoms with Crippen LogP contribution in [0, 0.1) is 0 Å². The molecule has 0 saturated carbocycles. The van der Waals surface area contributed by atoms with E-state index < -0.39 is 0 Å². The lowest BCUT2D eigenvalue weighted by Gasteiger charge is -2.15. The van der Waals surface area contributed by atoms with E-state index in [-0.39, 0.29) is 18.6 Å². The Morgan fingerprint density at radius 3 is 2.40 bits per heavy atom. The van der Waals surface area contributed by atoms with E-state index >= 15 is 0 Å². The number of rotatable bonds is 9. The van der Waals surface area contributed by atoms with E-state index in [0.717, 1.165) is 18.4 Å². The Labute approximate surface area is 122 Å². The van der Waals surface area contributed by atoms with E-state index in [1.165, 1.54) is 18.4 Å². The largest absolute Gasteiger partial charge is 0.396 e. The third kappa shape index (κ3) is 6.20. The summed E-state index contributed by atoms with van der Waals surface area (Å²) in [5.41, 5.74) is 2.38. The second-order valence-corrected chi connectivity index (χ2v) is 5.28. The topological polar surface area (TPSA) is 49.3 Å². The molecule has 0 aromatic heterocycles. The van der Waals surface area contributed by atoms with Gasteiger partial charge in [0.15, 0.2) is 0 Å². The van der Waals surface area contributed by atoms with Crippen LogP contribution in [0.1, 0.15) is 50.7 Å². The fraction of sp³-hybridized carbons (Fsp3) is 0.588. The SMILES string of the molecule is CCCCc1ccc(CC(=O)NC(CC)CCO)cc1. The number of amides is 1. The molecule has 0 saturated heterocycles. The molecule has 0 aliphatic rings. The number of benzene rings is 1. The first-order chi connectivity index (χ1) is 9.69. The first-order valence-corrected chi connectivity index (χ1v) is 7.67. The molecule has 0 aliphatic heterocycles. The number of carbonyl (C=O) groups excluding carboxylic acids is 1. The molecule has 1 rings (SSSR count). The highest BCUT2D eigenvalue weighted by atomic mass is 16.3. The molecule has 20 heavy (non-hydrogen) atoms. The molecule has 0 spiro atoms. The lowest BCUT2D eigenvalue weighted by Crippen LogP contribution is -2.36. The van der Waals surface area contributed by atoms with Gasteiger partial charge in [0, 0.05) is 12.6 Å². The van der Waals surface area contributed by atoms with Gasteiger partial charge in [0.2, 0.25) is 5.91 Å². The van der Waals surface area contributed by atoms with E-state index in [4.69, 9.17) is 5.11 Å². The minimum Gasteiger partial charge on any atom is -0.396 e. The first kappa shape index (κ1) is 16.7. The summed E-state index contributed by atoms with van der Waals surface area (Å²) in [6, 6.07) is 8.39. The van der Waals surface area contributed by atoms with Crippen LogP contribution in [0.2, 0.25) is 0 Å². The predicted molar refractivity (Wildman–Crippen MR) is 82.7 cm³/mol. The van der Waals surface area contributed by atoms with Crippen LogP contribution in [0.3, 0.4) is 0 Å². The average molecular weight is 277 g/mol. The molecule has 0 bridgehead atoms. The molecule has 0 fully saturated rings. The lowest BCUT2D eigenvalue weighted by molar-refractivity contribution is -0.121. The monoisotopic (exact) mass is 277 g/mol. The van der Waals surface area contributed by atoms with Gasteiger partial charge in [0.1, 0.15) is 0 Å². The standard InChI is InChI=1S/C17H27NO2/c1-3-5-6-14-7-9-15(10-8-14)13-17(20)18-16(4-2)11-12-19/h7-10,16,19H,3-6,11-13H2,1-2H3,(H,18,20). The number of hydrogen-bond acceptors (Lipinski definition) is 2. The van der Waals surface area contributed by atoms with Gasteiger partial charge in [-0.15, -0.1) is 0 Å². The molecular formula is C17H27NO2. The van der Waals surface area contributed by atoms with Crippen LogP contribution in [-0.4, -0.2) is 23.7 Å². The summed E-state index contributed by atoms with van der Waals surface area (Å²) in [5.74, 6) is 0.0339. The zero-order valence-corrected chi connectivity index (χ0v) is 12.7. The number of nitrogens with one attached hydrogen (secondary N) is 1. The molecule has 1 amide bonds. The predicted octanol–water partition coefficient (Wildman–Crippen LogP) is 2.85. The van der Waals surface area contributed by atoms with Crippen LogP contribution in [0.15, 0.2) is 24.3 Å². The Kier molecular flexibility index (Phi) is 7.97. The zero-order valence-electron chi connectivity index (χ0n) is 12.7. The van der Waals surface area contributed by atoms with Gasteiger partial charge in [0.05, 0.1) is 6.42 Å². The van der Waals surface area contributed by atoms with Crippen LogP contribution in [0.25, 0.3) is 0 Å². The van der Waals surface area contributed by atoms with Gasteiger partial charge in [0.25, 0.3) is 0 Å².